The number of furan rings is 1. The molecule has 1 aliphatic rings. The van der Waals surface area contributed by atoms with Crippen LogP contribution in [-0.2, 0) is 10.2 Å². The second-order valence-corrected chi connectivity index (χ2v) is 10.8. The summed E-state index contributed by atoms with van der Waals surface area (Å²) in [5.74, 6) is -0.910. The Morgan fingerprint density at radius 3 is 2.38 bits per heavy atom. The van der Waals surface area contributed by atoms with E-state index in [0.29, 0.717) is 40.3 Å². The van der Waals surface area contributed by atoms with Crippen LogP contribution in [0.3, 0.4) is 0 Å². The summed E-state index contributed by atoms with van der Waals surface area (Å²) < 4.78 is 17.3. The van der Waals surface area contributed by atoms with Gasteiger partial charge in [-0.05, 0) is 47.2 Å². The van der Waals surface area contributed by atoms with E-state index in [-0.39, 0.29) is 16.7 Å². The van der Waals surface area contributed by atoms with Crippen molar-refractivity contribution >= 4 is 28.3 Å². The van der Waals surface area contributed by atoms with Crippen LogP contribution in [0.1, 0.15) is 61.8 Å². The number of carbonyl (C=O) groups excluding carboxylic acids is 2. The summed E-state index contributed by atoms with van der Waals surface area (Å²) in [6, 6.07) is 21.0. The van der Waals surface area contributed by atoms with Gasteiger partial charge in [-0.15, -0.1) is 0 Å². The van der Waals surface area contributed by atoms with Gasteiger partial charge in [0, 0.05) is 5.39 Å². The van der Waals surface area contributed by atoms with Crippen LogP contribution in [0.2, 0.25) is 0 Å². The molecule has 0 bridgehead atoms. The first-order valence-electron chi connectivity index (χ1n) is 13.4. The Bertz CT molecular complexity index is 1610. The molecule has 1 N–H and O–H groups in total. The number of ketones is 1. The number of Topliss-reactive ketones (excluding diaryl/α,β-unsaturated/α-hetero) is 1. The van der Waals surface area contributed by atoms with Gasteiger partial charge in [0.2, 0.25) is 5.78 Å². The van der Waals surface area contributed by atoms with E-state index in [1.54, 1.807) is 36.4 Å². The molecule has 0 saturated heterocycles. The van der Waals surface area contributed by atoms with Gasteiger partial charge in [0.25, 0.3) is 5.91 Å². The summed E-state index contributed by atoms with van der Waals surface area (Å²) >= 11 is 0. The first kappa shape index (κ1) is 27.1. The first-order valence-corrected chi connectivity index (χ1v) is 13.4. The molecule has 7 heteroatoms. The predicted octanol–water partition coefficient (Wildman–Crippen LogP) is 7.31. The standard InChI is InChI=1S/C33H33NO6/c1-6-18-39-24-12-8-7-11-23(24)34-28(20-14-16-22(17-15-20)33(2,3)4)27(30(36)32(34)37)29(35)26-19-21-10-9-13-25(38-5)31(21)40-26/h7-17,19,28,36H,6,18H2,1-5H3. The maximum Gasteiger partial charge on any atom is 0.294 e. The summed E-state index contributed by atoms with van der Waals surface area (Å²) in [5.41, 5.74) is 2.51. The van der Waals surface area contributed by atoms with Crippen molar-refractivity contribution in [2.24, 2.45) is 0 Å². The molecule has 0 radical (unpaired) electrons. The minimum atomic E-state index is -0.907. The van der Waals surface area contributed by atoms with Crippen molar-refractivity contribution in [2.75, 3.05) is 18.6 Å². The summed E-state index contributed by atoms with van der Waals surface area (Å²) in [6.45, 7) is 8.80. The molecule has 0 fully saturated rings. The molecule has 0 aliphatic carbocycles. The number of hydrogen-bond donors (Lipinski definition) is 1. The number of methoxy groups -OCH3 is 1. The molecule has 206 valence electrons. The van der Waals surface area contributed by atoms with Gasteiger partial charge in [-0.25, -0.2) is 0 Å². The zero-order valence-electron chi connectivity index (χ0n) is 23.4. The highest BCUT2D eigenvalue weighted by molar-refractivity contribution is 6.21. The van der Waals surface area contributed by atoms with Crippen LogP contribution >= 0.6 is 0 Å². The number of amides is 1. The minimum Gasteiger partial charge on any atom is -0.503 e. The number of rotatable bonds is 8. The van der Waals surface area contributed by atoms with Crippen LogP contribution in [0.5, 0.6) is 11.5 Å². The molecule has 1 aliphatic heterocycles. The second-order valence-electron chi connectivity index (χ2n) is 10.8. The van der Waals surface area contributed by atoms with Gasteiger partial charge in [0.05, 0.1) is 31.0 Å². The van der Waals surface area contributed by atoms with E-state index in [4.69, 9.17) is 13.9 Å². The monoisotopic (exact) mass is 539 g/mol. The van der Waals surface area contributed by atoms with E-state index in [1.165, 1.54) is 12.0 Å². The van der Waals surface area contributed by atoms with Gasteiger partial charge in [-0.1, -0.05) is 76.2 Å². The lowest BCUT2D eigenvalue weighted by Crippen LogP contribution is -2.31. The summed E-state index contributed by atoms with van der Waals surface area (Å²) in [5, 5.41) is 11.9. The van der Waals surface area contributed by atoms with Crippen molar-refractivity contribution in [2.45, 2.75) is 45.6 Å². The van der Waals surface area contributed by atoms with Gasteiger partial charge in [-0.3, -0.25) is 14.5 Å². The number of ether oxygens (including phenoxy) is 2. The van der Waals surface area contributed by atoms with E-state index in [2.05, 4.69) is 20.8 Å². The van der Waals surface area contributed by atoms with E-state index >= 15 is 0 Å². The normalized spacial score (nSPS) is 15.7. The largest absolute Gasteiger partial charge is 0.503 e. The van der Waals surface area contributed by atoms with Crippen LogP contribution in [0.4, 0.5) is 5.69 Å². The summed E-state index contributed by atoms with van der Waals surface area (Å²) in [6.07, 6.45) is 0.780. The van der Waals surface area contributed by atoms with Gasteiger partial charge in [-0.2, -0.15) is 0 Å². The zero-order chi connectivity index (χ0) is 28.6. The summed E-state index contributed by atoms with van der Waals surface area (Å²) in [4.78, 5) is 29.2. The van der Waals surface area contributed by atoms with Crippen LogP contribution in [-0.4, -0.2) is 30.5 Å². The Hall–Kier alpha value is -4.52. The number of benzene rings is 3. The zero-order valence-corrected chi connectivity index (χ0v) is 23.4. The third kappa shape index (κ3) is 4.72. The molecule has 2 heterocycles. The molecule has 0 spiro atoms. The lowest BCUT2D eigenvalue weighted by Gasteiger charge is -2.29. The number of carbonyl (C=O) groups is 2. The first-order chi connectivity index (χ1) is 19.2. The van der Waals surface area contributed by atoms with Crippen LogP contribution in [0.25, 0.3) is 11.0 Å². The van der Waals surface area contributed by atoms with Gasteiger partial charge in [0.15, 0.2) is 22.9 Å². The Kier molecular flexibility index (Phi) is 7.15. The fourth-order valence-electron chi connectivity index (χ4n) is 5.00. The smallest absolute Gasteiger partial charge is 0.294 e. The highest BCUT2D eigenvalue weighted by atomic mass is 16.5. The number of hydrogen-bond acceptors (Lipinski definition) is 6. The lowest BCUT2D eigenvalue weighted by atomic mass is 9.85. The maximum absolute atomic E-state index is 14.1. The fraction of sp³-hybridized carbons (Fsp3) is 0.273. The minimum absolute atomic E-state index is 0.00234. The lowest BCUT2D eigenvalue weighted by molar-refractivity contribution is -0.117. The van der Waals surface area contributed by atoms with Gasteiger partial charge in [0.1, 0.15) is 5.75 Å². The fourth-order valence-corrected chi connectivity index (χ4v) is 5.00. The average Bonchev–Trinajstić information content (AvgIpc) is 3.50. The van der Waals surface area contributed by atoms with Crippen LogP contribution < -0.4 is 14.4 Å². The van der Waals surface area contributed by atoms with Crippen LogP contribution in [0.15, 0.2) is 88.5 Å². The van der Waals surface area contributed by atoms with Crippen molar-refractivity contribution < 1.29 is 28.6 Å². The third-order valence-corrected chi connectivity index (χ3v) is 7.08. The Morgan fingerprint density at radius 1 is 1.00 bits per heavy atom. The van der Waals surface area contributed by atoms with Crippen molar-refractivity contribution in [1.82, 2.24) is 0 Å². The van der Waals surface area contributed by atoms with E-state index in [1.807, 2.05) is 43.3 Å². The quantitative estimate of drug-likeness (QED) is 0.236. The molecule has 3 aromatic carbocycles. The van der Waals surface area contributed by atoms with E-state index < -0.39 is 23.5 Å². The molecular formula is C33H33NO6. The van der Waals surface area contributed by atoms with Crippen molar-refractivity contribution in [3.63, 3.8) is 0 Å². The Balaban J connectivity index is 1.66. The third-order valence-electron chi connectivity index (χ3n) is 7.08. The SMILES string of the molecule is CCCOc1ccccc1N1C(=O)C(O)=C(C(=O)c2cc3cccc(OC)c3o2)C1c1ccc(C(C)(C)C)cc1. The van der Waals surface area contributed by atoms with Crippen LogP contribution in [0, 0.1) is 0 Å². The second kappa shape index (κ2) is 10.6. The number of fused-ring (bicyclic) bond motifs is 1. The molecular weight excluding hydrogens is 506 g/mol. The Labute approximate surface area is 233 Å². The molecule has 1 unspecified atom stereocenters. The maximum atomic E-state index is 14.1. The van der Waals surface area contributed by atoms with Crippen molar-refractivity contribution in [1.29, 1.82) is 0 Å². The van der Waals surface area contributed by atoms with Crippen molar-refractivity contribution in [3.8, 4) is 11.5 Å². The molecule has 5 rings (SSSR count). The molecule has 1 aromatic heterocycles. The molecule has 40 heavy (non-hydrogen) atoms. The predicted molar refractivity (Wildman–Crippen MR) is 154 cm³/mol. The number of anilines is 1. The average molecular weight is 540 g/mol. The van der Waals surface area contributed by atoms with Gasteiger partial charge < -0.3 is 19.0 Å². The summed E-state index contributed by atoms with van der Waals surface area (Å²) in [7, 11) is 1.52. The van der Waals surface area contributed by atoms with E-state index in [9.17, 15) is 14.7 Å². The number of para-hydroxylation sites is 3. The Morgan fingerprint density at radius 2 is 1.70 bits per heavy atom. The molecule has 0 saturated carbocycles. The number of nitrogens with zero attached hydrogens (tertiary/aromatic N) is 1. The highest BCUT2D eigenvalue weighted by Crippen LogP contribution is 2.45. The molecule has 1 atom stereocenters. The molecule has 1 amide bonds. The topological polar surface area (TPSA) is 89.2 Å². The van der Waals surface area contributed by atoms with Gasteiger partial charge >= 0.3 is 0 Å². The van der Waals surface area contributed by atoms with E-state index in [0.717, 1.165) is 12.0 Å². The molecule has 4 aromatic rings. The number of aliphatic hydroxyl groups excluding tert-OH is 1. The highest BCUT2D eigenvalue weighted by Gasteiger charge is 2.46. The van der Waals surface area contributed by atoms with Crippen molar-refractivity contribution in [3.05, 3.63) is 101 Å². The number of aliphatic hydroxyl groups is 1. The molecule has 7 nitrogen and oxygen atoms in total.